The smallest absolute Gasteiger partial charge is 0.252 e. The van der Waals surface area contributed by atoms with Crippen LogP contribution in [0.4, 0.5) is 10.2 Å². The van der Waals surface area contributed by atoms with Crippen molar-refractivity contribution in [2.75, 3.05) is 18.4 Å². The Morgan fingerprint density at radius 1 is 1.15 bits per heavy atom. The van der Waals surface area contributed by atoms with Crippen LogP contribution in [0.3, 0.4) is 0 Å². The molecule has 0 saturated carbocycles. The van der Waals surface area contributed by atoms with Gasteiger partial charge in [0.2, 0.25) is 0 Å². The van der Waals surface area contributed by atoms with Crippen molar-refractivity contribution < 1.29 is 14.0 Å². The van der Waals surface area contributed by atoms with Crippen LogP contribution in [0.2, 0.25) is 0 Å². The lowest BCUT2D eigenvalue weighted by Gasteiger charge is -2.11. The SMILES string of the molecule is CC(=O)c1nnn(-c2ccc(F)cc2)c1NCCNC(=O)c1cccnc1. The molecule has 2 N–H and O–H groups in total. The first kappa shape index (κ1) is 18.2. The molecule has 0 spiro atoms. The number of pyridine rings is 1. The van der Waals surface area contributed by atoms with Crippen molar-refractivity contribution in [1.29, 1.82) is 0 Å². The molecule has 0 atom stereocenters. The van der Waals surface area contributed by atoms with Gasteiger partial charge in [-0.05, 0) is 36.4 Å². The Labute approximate surface area is 154 Å². The molecule has 0 saturated heterocycles. The second kappa shape index (κ2) is 8.17. The van der Waals surface area contributed by atoms with Crippen molar-refractivity contribution in [3.63, 3.8) is 0 Å². The predicted molar refractivity (Wildman–Crippen MR) is 96.4 cm³/mol. The monoisotopic (exact) mass is 368 g/mol. The number of halogens is 1. The number of carbonyl (C=O) groups is 2. The second-order valence-corrected chi connectivity index (χ2v) is 5.66. The van der Waals surface area contributed by atoms with Gasteiger partial charge in [0.1, 0.15) is 5.82 Å². The van der Waals surface area contributed by atoms with Crippen LogP contribution < -0.4 is 10.6 Å². The Morgan fingerprint density at radius 2 is 1.93 bits per heavy atom. The maximum absolute atomic E-state index is 13.1. The van der Waals surface area contributed by atoms with E-state index < -0.39 is 0 Å². The van der Waals surface area contributed by atoms with E-state index in [-0.39, 0.29) is 23.2 Å². The van der Waals surface area contributed by atoms with E-state index in [1.807, 2.05) is 0 Å². The molecule has 1 aromatic carbocycles. The summed E-state index contributed by atoms with van der Waals surface area (Å²) >= 11 is 0. The van der Waals surface area contributed by atoms with Gasteiger partial charge in [-0.2, -0.15) is 4.68 Å². The standard InChI is InChI=1S/C18H17FN6O2/c1-12(26)16-17(25(24-23-16)15-6-4-14(19)5-7-15)21-9-10-22-18(27)13-3-2-8-20-11-13/h2-8,11,21H,9-10H2,1H3,(H,22,27). The van der Waals surface area contributed by atoms with Gasteiger partial charge < -0.3 is 10.6 Å². The van der Waals surface area contributed by atoms with Crippen LogP contribution in [-0.2, 0) is 0 Å². The third-order valence-corrected chi connectivity index (χ3v) is 3.70. The Balaban J connectivity index is 1.68. The summed E-state index contributed by atoms with van der Waals surface area (Å²) in [5, 5.41) is 13.7. The minimum atomic E-state index is -0.377. The molecule has 8 nitrogen and oxygen atoms in total. The lowest BCUT2D eigenvalue weighted by molar-refractivity contribution is 0.0953. The van der Waals surface area contributed by atoms with Gasteiger partial charge in [0, 0.05) is 32.4 Å². The number of aromatic nitrogens is 4. The minimum Gasteiger partial charge on any atom is -0.366 e. The molecule has 0 aliphatic heterocycles. The minimum absolute atomic E-state index is 0.165. The fourth-order valence-corrected chi connectivity index (χ4v) is 2.40. The molecular weight excluding hydrogens is 351 g/mol. The van der Waals surface area contributed by atoms with Crippen LogP contribution >= 0.6 is 0 Å². The van der Waals surface area contributed by atoms with Crippen molar-refractivity contribution in [3.8, 4) is 5.69 Å². The third-order valence-electron chi connectivity index (χ3n) is 3.70. The number of carbonyl (C=O) groups excluding carboxylic acids is 2. The van der Waals surface area contributed by atoms with E-state index in [9.17, 15) is 14.0 Å². The first-order valence-corrected chi connectivity index (χ1v) is 8.21. The van der Waals surface area contributed by atoms with Crippen LogP contribution in [0.15, 0.2) is 48.8 Å². The molecule has 1 amide bonds. The number of benzene rings is 1. The Kier molecular flexibility index (Phi) is 5.50. The Bertz CT molecular complexity index is 940. The van der Waals surface area contributed by atoms with Gasteiger partial charge in [0.25, 0.3) is 5.91 Å². The molecule has 138 valence electrons. The van der Waals surface area contributed by atoms with E-state index >= 15 is 0 Å². The molecule has 0 radical (unpaired) electrons. The van der Waals surface area contributed by atoms with Crippen molar-refractivity contribution in [1.82, 2.24) is 25.3 Å². The van der Waals surface area contributed by atoms with Crippen molar-refractivity contribution in [3.05, 3.63) is 65.9 Å². The number of Topliss-reactive ketones (excluding diaryl/α,β-unsaturated/α-hetero) is 1. The van der Waals surface area contributed by atoms with E-state index in [1.165, 1.54) is 42.1 Å². The van der Waals surface area contributed by atoms with Crippen molar-refractivity contribution in [2.45, 2.75) is 6.92 Å². The maximum atomic E-state index is 13.1. The quantitative estimate of drug-likeness (QED) is 0.487. The van der Waals surface area contributed by atoms with E-state index in [1.54, 1.807) is 18.3 Å². The maximum Gasteiger partial charge on any atom is 0.252 e. The fourth-order valence-electron chi connectivity index (χ4n) is 2.40. The molecule has 9 heteroatoms. The highest BCUT2D eigenvalue weighted by atomic mass is 19.1. The van der Waals surface area contributed by atoms with E-state index in [4.69, 9.17) is 0 Å². The highest BCUT2D eigenvalue weighted by molar-refractivity contribution is 5.97. The van der Waals surface area contributed by atoms with Gasteiger partial charge >= 0.3 is 0 Å². The second-order valence-electron chi connectivity index (χ2n) is 5.66. The topological polar surface area (TPSA) is 102 Å². The Hall–Kier alpha value is -3.62. The number of amides is 1. The van der Waals surface area contributed by atoms with Crippen LogP contribution in [-0.4, -0.2) is 44.8 Å². The number of ketones is 1. The fraction of sp³-hybridized carbons (Fsp3) is 0.167. The normalized spacial score (nSPS) is 10.4. The summed E-state index contributed by atoms with van der Waals surface area (Å²) in [6.07, 6.45) is 3.06. The van der Waals surface area contributed by atoms with Crippen LogP contribution in [0.25, 0.3) is 5.69 Å². The van der Waals surface area contributed by atoms with Gasteiger partial charge in [0.05, 0.1) is 11.3 Å². The third kappa shape index (κ3) is 4.32. The van der Waals surface area contributed by atoms with Gasteiger partial charge in [0.15, 0.2) is 17.3 Å². The molecule has 0 aliphatic rings. The summed E-state index contributed by atoms with van der Waals surface area (Å²) in [6.45, 7) is 2.02. The molecule has 0 fully saturated rings. The van der Waals surface area contributed by atoms with Gasteiger partial charge in [-0.25, -0.2) is 4.39 Å². The summed E-state index contributed by atoms with van der Waals surface area (Å²) in [7, 11) is 0. The lowest BCUT2D eigenvalue weighted by Crippen LogP contribution is -2.29. The van der Waals surface area contributed by atoms with E-state index in [0.717, 1.165) is 0 Å². The molecule has 27 heavy (non-hydrogen) atoms. The lowest BCUT2D eigenvalue weighted by atomic mass is 10.2. The molecular formula is C18H17FN6O2. The average molecular weight is 368 g/mol. The predicted octanol–water partition coefficient (Wildman–Crippen LogP) is 1.85. The number of hydrogen-bond donors (Lipinski definition) is 2. The zero-order valence-corrected chi connectivity index (χ0v) is 14.5. The number of anilines is 1. The summed E-state index contributed by atoms with van der Waals surface area (Å²) in [5.41, 5.74) is 1.18. The highest BCUT2D eigenvalue weighted by Gasteiger charge is 2.17. The first-order chi connectivity index (χ1) is 13.1. The highest BCUT2D eigenvalue weighted by Crippen LogP contribution is 2.18. The number of hydrogen-bond acceptors (Lipinski definition) is 6. The number of nitrogens with zero attached hydrogens (tertiary/aromatic N) is 4. The molecule has 3 rings (SSSR count). The van der Waals surface area contributed by atoms with Crippen LogP contribution in [0.5, 0.6) is 0 Å². The van der Waals surface area contributed by atoms with Crippen molar-refractivity contribution >= 4 is 17.5 Å². The summed E-state index contributed by atoms with van der Waals surface area (Å²) in [5.74, 6) is -0.505. The molecule has 0 unspecified atom stereocenters. The summed E-state index contributed by atoms with van der Waals surface area (Å²) in [4.78, 5) is 27.7. The van der Waals surface area contributed by atoms with Crippen LogP contribution in [0, 0.1) is 5.82 Å². The van der Waals surface area contributed by atoms with Crippen molar-refractivity contribution in [2.24, 2.45) is 0 Å². The van der Waals surface area contributed by atoms with Crippen LogP contribution in [0.1, 0.15) is 27.8 Å². The molecule has 2 aromatic heterocycles. The largest absolute Gasteiger partial charge is 0.366 e. The molecule has 0 bridgehead atoms. The zero-order valence-electron chi connectivity index (χ0n) is 14.5. The van der Waals surface area contributed by atoms with Gasteiger partial charge in [-0.15, -0.1) is 5.10 Å². The van der Waals surface area contributed by atoms with Gasteiger partial charge in [-0.1, -0.05) is 5.21 Å². The summed E-state index contributed by atoms with van der Waals surface area (Å²) in [6, 6.07) is 8.99. The Morgan fingerprint density at radius 3 is 2.59 bits per heavy atom. The first-order valence-electron chi connectivity index (χ1n) is 8.21. The van der Waals surface area contributed by atoms with E-state index in [0.29, 0.717) is 30.2 Å². The van der Waals surface area contributed by atoms with E-state index in [2.05, 4.69) is 25.9 Å². The zero-order chi connectivity index (χ0) is 19.2. The average Bonchev–Trinajstić information content (AvgIpc) is 3.10. The van der Waals surface area contributed by atoms with Gasteiger partial charge in [-0.3, -0.25) is 14.6 Å². The molecule has 3 aromatic rings. The number of nitrogens with one attached hydrogen (secondary N) is 2. The molecule has 0 aliphatic carbocycles. The summed E-state index contributed by atoms with van der Waals surface area (Å²) < 4.78 is 14.6. The molecule has 2 heterocycles. The number of rotatable bonds is 7.